The number of aliphatic hydroxyl groups excluding tert-OH is 1. The molecule has 1 unspecified atom stereocenters. The number of benzene rings is 2. The van der Waals surface area contributed by atoms with Gasteiger partial charge in [-0.25, -0.2) is 9.37 Å². The van der Waals surface area contributed by atoms with E-state index in [0.29, 0.717) is 35.0 Å². The zero-order valence-electron chi connectivity index (χ0n) is 18.3. The van der Waals surface area contributed by atoms with Gasteiger partial charge in [0.15, 0.2) is 0 Å². The van der Waals surface area contributed by atoms with E-state index in [0.717, 1.165) is 11.1 Å². The van der Waals surface area contributed by atoms with Gasteiger partial charge in [0.2, 0.25) is 11.8 Å². The fraction of sp³-hybridized carbons (Fsp3) is 0.280. The van der Waals surface area contributed by atoms with E-state index in [-0.39, 0.29) is 24.9 Å². The number of rotatable bonds is 10. The van der Waals surface area contributed by atoms with E-state index in [2.05, 4.69) is 10.3 Å². The quantitative estimate of drug-likeness (QED) is 0.409. The molecule has 0 aliphatic heterocycles. The number of amides is 1. The van der Waals surface area contributed by atoms with Crippen LogP contribution in [-0.4, -0.2) is 35.8 Å². The molecule has 2 aromatic carbocycles. The van der Waals surface area contributed by atoms with Gasteiger partial charge >= 0.3 is 0 Å². The summed E-state index contributed by atoms with van der Waals surface area (Å²) < 4.78 is 19.6. The number of nitrogens with one attached hydrogen (secondary N) is 1. The number of nitrogens with two attached hydrogens (primary N) is 1. The van der Waals surface area contributed by atoms with Crippen LogP contribution in [0, 0.1) is 5.82 Å². The first-order valence-corrected chi connectivity index (χ1v) is 11.0. The van der Waals surface area contributed by atoms with E-state index in [1.54, 1.807) is 36.5 Å². The van der Waals surface area contributed by atoms with Gasteiger partial charge in [-0.15, -0.1) is 0 Å². The second-order valence-electron chi connectivity index (χ2n) is 7.74. The van der Waals surface area contributed by atoms with Crippen molar-refractivity contribution in [3.8, 4) is 5.88 Å². The molecule has 4 N–H and O–H groups in total. The van der Waals surface area contributed by atoms with E-state index in [1.807, 2.05) is 18.2 Å². The summed E-state index contributed by atoms with van der Waals surface area (Å²) in [5, 5.41) is 12.6. The maximum Gasteiger partial charge on any atom is 0.225 e. The minimum Gasteiger partial charge on any atom is -0.481 e. The number of aliphatic hydroxyl groups is 1. The van der Waals surface area contributed by atoms with Crippen molar-refractivity contribution in [1.29, 1.82) is 0 Å². The average Bonchev–Trinajstić information content (AvgIpc) is 2.82. The lowest BCUT2D eigenvalue weighted by Crippen LogP contribution is -2.25. The van der Waals surface area contributed by atoms with Gasteiger partial charge < -0.3 is 20.9 Å². The Bertz CT molecular complexity index is 1060. The lowest BCUT2D eigenvalue weighted by molar-refractivity contribution is -0.116. The van der Waals surface area contributed by atoms with Gasteiger partial charge in [-0.05, 0) is 48.2 Å². The molecule has 2 atom stereocenters. The Morgan fingerprint density at radius 3 is 2.55 bits per heavy atom. The van der Waals surface area contributed by atoms with Crippen molar-refractivity contribution in [2.75, 3.05) is 19.0 Å². The number of methoxy groups -OCH3 is 1. The van der Waals surface area contributed by atoms with Crippen molar-refractivity contribution in [2.24, 2.45) is 5.73 Å². The molecule has 0 spiro atoms. The van der Waals surface area contributed by atoms with Gasteiger partial charge in [0.1, 0.15) is 5.82 Å². The number of pyridine rings is 1. The highest BCUT2D eigenvalue weighted by atomic mass is 35.5. The molecule has 3 rings (SSSR count). The maximum atomic E-state index is 14.5. The van der Waals surface area contributed by atoms with E-state index in [9.17, 15) is 9.18 Å². The molecule has 0 radical (unpaired) electrons. The summed E-state index contributed by atoms with van der Waals surface area (Å²) in [5.41, 5.74) is 8.26. The number of carbonyl (C=O) groups is 1. The van der Waals surface area contributed by atoms with Crippen LogP contribution < -0.4 is 15.8 Å². The van der Waals surface area contributed by atoms with Gasteiger partial charge in [0, 0.05) is 46.9 Å². The van der Waals surface area contributed by atoms with Crippen molar-refractivity contribution in [2.45, 2.75) is 31.2 Å². The van der Waals surface area contributed by atoms with Gasteiger partial charge in [-0.1, -0.05) is 35.9 Å². The molecular formula is C25H27ClFN3O3. The lowest BCUT2D eigenvalue weighted by Gasteiger charge is -2.19. The van der Waals surface area contributed by atoms with Crippen LogP contribution in [0.1, 0.15) is 35.4 Å². The molecule has 8 heteroatoms. The predicted octanol–water partition coefficient (Wildman–Crippen LogP) is 4.30. The molecule has 1 aromatic heterocycles. The Labute approximate surface area is 197 Å². The van der Waals surface area contributed by atoms with Crippen molar-refractivity contribution in [3.05, 3.63) is 88.3 Å². The summed E-state index contributed by atoms with van der Waals surface area (Å²) >= 11 is 6.04. The van der Waals surface area contributed by atoms with Crippen LogP contribution >= 0.6 is 11.6 Å². The summed E-state index contributed by atoms with van der Waals surface area (Å²) in [5.74, 6) is -0.514. The van der Waals surface area contributed by atoms with Gasteiger partial charge in [-0.3, -0.25) is 4.79 Å². The topological polar surface area (TPSA) is 97.5 Å². The van der Waals surface area contributed by atoms with E-state index in [1.165, 1.54) is 13.2 Å². The van der Waals surface area contributed by atoms with Gasteiger partial charge in [-0.2, -0.15) is 0 Å². The highest BCUT2D eigenvalue weighted by molar-refractivity contribution is 6.30. The normalized spacial score (nSPS) is 12.8. The average molecular weight is 472 g/mol. The second kappa shape index (κ2) is 11.7. The zero-order chi connectivity index (χ0) is 23.8. The van der Waals surface area contributed by atoms with Crippen LogP contribution in [0.2, 0.25) is 5.02 Å². The number of carbonyl (C=O) groups excluding carboxylic acids is 1. The third-order valence-electron chi connectivity index (χ3n) is 5.43. The van der Waals surface area contributed by atoms with E-state index >= 15 is 0 Å². The van der Waals surface area contributed by atoms with Crippen molar-refractivity contribution in [1.82, 2.24) is 4.98 Å². The third-order valence-corrected chi connectivity index (χ3v) is 5.68. The first-order valence-electron chi connectivity index (χ1n) is 10.6. The number of ether oxygens (including phenoxy) is 1. The molecule has 0 saturated heterocycles. The number of hydrogen-bond donors (Lipinski definition) is 3. The van der Waals surface area contributed by atoms with Crippen LogP contribution in [0.15, 0.2) is 60.8 Å². The number of aromatic nitrogens is 1. The molecule has 0 saturated carbocycles. The first kappa shape index (κ1) is 24.6. The van der Waals surface area contributed by atoms with Crippen LogP contribution in [0.25, 0.3) is 0 Å². The fourth-order valence-electron chi connectivity index (χ4n) is 3.58. The van der Waals surface area contributed by atoms with Gasteiger partial charge in [0.05, 0.1) is 13.7 Å². The first-order chi connectivity index (χ1) is 15.9. The largest absolute Gasteiger partial charge is 0.481 e. The minimum atomic E-state index is -0.454. The molecule has 0 fully saturated rings. The second-order valence-corrected chi connectivity index (χ2v) is 8.17. The molecule has 0 bridgehead atoms. The lowest BCUT2D eigenvalue weighted by atomic mass is 9.89. The van der Waals surface area contributed by atoms with Crippen molar-refractivity contribution >= 4 is 23.2 Å². The number of halogens is 2. The molecule has 3 aromatic rings. The van der Waals surface area contributed by atoms with Crippen molar-refractivity contribution in [3.63, 3.8) is 0 Å². The highest BCUT2D eigenvalue weighted by Crippen LogP contribution is 2.30. The van der Waals surface area contributed by atoms with Crippen LogP contribution in [0.3, 0.4) is 0 Å². The molecule has 174 valence electrons. The highest BCUT2D eigenvalue weighted by Gasteiger charge is 2.20. The van der Waals surface area contributed by atoms with Crippen LogP contribution in [-0.2, 0) is 11.2 Å². The SMILES string of the molecule is COc1ccc(C(CC(=O)Nc2cccc(F)c2CC[C@H](N)CO)c2ccc(Cl)cc2)cn1. The Morgan fingerprint density at radius 1 is 1.18 bits per heavy atom. The number of anilines is 1. The molecular weight excluding hydrogens is 445 g/mol. The minimum absolute atomic E-state index is 0.113. The molecule has 33 heavy (non-hydrogen) atoms. The summed E-state index contributed by atoms with van der Waals surface area (Å²) in [4.78, 5) is 17.3. The summed E-state index contributed by atoms with van der Waals surface area (Å²) in [6.07, 6.45) is 2.48. The molecule has 6 nitrogen and oxygen atoms in total. The predicted molar refractivity (Wildman–Crippen MR) is 127 cm³/mol. The van der Waals surface area contributed by atoms with E-state index in [4.69, 9.17) is 27.2 Å². The van der Waals surface area contributed by atoms with Crippen LogP contribution in [0.4, 0.5) is 10.1 Å². The Hall–Kier alpha value is -3.00. The molecule has 1 amide bonds. The Morgan fingerprint density at radius 2 is 1.91 bits per heavy atom. The smallest absolute Gasteiger partial charge is 0.225 e. The van der Waals surface area contributed by atoms with Gasteiger partial charge in [0.25, 0.3) is 0 Å². The molecule has 0 aliphatic carbocycles. The molecule has 0 aliphatic rings. The fourth-order valence-corrected chi connectivity index (χ4v) is 3.71. The summed E-state index contributed by atoms with van der Waals surface area (Å²) in [6.45, 7) is -0.186. The Balaban J connectivity index is 1.83. The van der Waals surface area contributed by atoms with E-state index < -0.39 is 11.9 Å². The number of hydrogen-bond acceptors (Lipinski definition) is 5. The Kier molecular flexibility index (Phi) is 8.77. The summed E-state index contributed by atoms with van der Waals surface area (Å²) in [7, 11) is 1.54. The maximum absolute atomic E-state index is 14.5. The van der Waals surface area contributed by atoms with Crippen LogP contribution in [0.5, 0.6) is 5.88 Å². The monoisotopic (exact) mass is 471 g/mol. The number of nitrogens with zero attached hydrogens (tertiary/aromatic N) is 1. The standard InChI is InChI=1S/C25H27ClFN3O3/c1-33-25-12-7-17(14-29-25)21(16-5-8-18(26)9-6-16)13-24(32)30-23-4-2-3-22(27)20(23)11-10-19(28)15-31/h2-9,12,14,19,21,31H,10-11,13,15,28H2,1H3,(H,30,32)/t19-,21?/m0/s1. The third kappa shape index (κ3) is 6.74. The zero-order valence-corrected chi connectivity index (χ0v) is 19.1. The van der Waals surface area contributed by atoms with Crippen molar-refractivity contribution < 1.29 is 19.0 Å². The summed E-state index contributed by atoms with van der Waals surface area (Å²) in [6, 6.07) is 15.0. The molecule has 1 heterocycles.